The van der Waals surface area contributed by atoms with Crippen LogP contribution in [0.5, 0.6) is 11.5 Å². The van der Waals surface area contributed by atoms with Crippen molar-refractivity contribution in [1.82, 2.24) is 10.2 Å². The molecule has 1 amide bonds. The molecule has 34 heavy (non-hydrogen) atoms. The van der Waals surface area contributed by atoms with E-state index in [1.54, 1.807) is 6.07 Å². The highest BCUT2D eigenvalue weighted by Gasteiger charge is 2.70. The predicted octanol–water partition coefficient (Wildman–Crippen LogP) is 3.91. The zero-order valence-electron chi connectivity index (χ0n) is 18.0. The highest BCUT2D eigenvalue weighted by Crippen LogP contribution is 2.63. The molecule has 2 N–H and O–H groups in total. The van der Waals surface area contributed by atoms with Gasteiger partial charge in [-0.2, -0.15) is 0 Å². The van der Waals surface area contributed by atoms with Gasteiger partial charge in [0.25, 0.3) is 5.91 Å². The van der Waals surface area contributed by atoms with Gasteiger partial charge in [0.1, 0.15) is 29.7 Å². The topological polar surface area (TPSA) is 88.1 Å². The smallest absolute Gasteiger partial charge is 0.317 e. The lowest BCUT2D eigenvalue weighted by Gasteiger charge is -2.73. The van der Waals surface area contributed by atoms with Gasteiger partial charge in [-0.15, -0.1) is 0 Å². The van der Waals surface area contributed by atoms with Gasteiger partial charge < -0.3 is 19.9 Å². The number of rotatable bonds is 11. The number of amides is 1. The van der Waals surface area contributed by atoms with Crippen molar-refractivity contribution in [3.8, 4) is 11.5 Å². The van der Waals surface area contributed by atoms with Crippen molar-refractivity contribution in [2.24, 2.45) is 0 Å². The minimum absolute atomic E-state index is 0.00760. The molecule has 3 aliphatic carbocycles. The fourth-order valence-electron chi connectivity index (χ4n) is 4.74. The van der Waals surface area contributed by atoms with E-state index in [0.717, 1.165) is 6.07 Å². The van der Waals surface area contributed by atoms with Crippen LogP contribution in [0, 0.1) is 11.6 Å². The van der Waals surface area contributed by atoms with E-state index in [4.69, 9.17) is 32.7 Å². The summed E-state index contributed by atoms with van der Waals surface area (Å²) in [6.45, 7) is 0.0422. The Morgan fingerprint density at radius 2 is 1.56 bits per heavy atom. The second-order valence-electron chi connectivity index (χ2n) is 8.69. The first-order valence-corrected chi connectivity index (χ1v) is 11.3. The van der Waals surface area contributed by atoms with E-state index in [-0.39, 0.29) is 47.0 Å². The summed E-state index contributed by atoms with van der Waals surface area (Å²) in [6.07, 6.45) is 1.80. The van der Waals surface area contributed by atoms with Gasteiger partial charge in [0.05, 0.1) is 16.6 Å². The van der Waals surface area contributed by atoms with E-state index in [1.165, 1.54) is 24.3 Å². The lowest BCUT2D eigenvalue weighted by molar-refractivity contribution is -0.190. The van der Waals surface area contributed by atoms with E-state index in [9.17, 15) is 23.5 Å². The lowest BCUT2D eigenvalue weighted by atomic mass is 9.43. The maximum absolute atomic E-state index is 13.6. The average Bonchev–Trinajstić information content (AvgIpc) is 2.72. The van der Waals surface area contributed by atoms with E-state index >= 15 is 0 Å². The second-order valence-corrected chi connectivity index (χ2v) is 9.50. The molecule has 11 heteroatoms. The van der Waals surface area contributed by atoms with Crippen LogP contribution in [0.4, 0.5) is 8.78 Å². The summed E-state index contributed by atoms with van der Waals surface area (Å²) in [5.41, 5.74) is -0.733. The summed E-state index contributed by atoms with van der Waals surface area (Å²) in [7, 11) is 0. The van der Waals surface area contributed by atoms with Crippen LogP contribution in [0.3, 0.4) is 0 Å². The molecule has 0 aromatic heterocycles. The molecular weight excluding hydrogens is 493 g/mol. The second kappa shape index (κ2) is 9.56. The van der Waals surface area contributed by atoms with Crippen LogP contribution >= 0.6 is 23.2 Å². The normalized spacial score (nSPS) is 22.5. The number of carbonyl (C=O) groups is 2. The summed E-state index contributed by atoms with van der Waals surface area (Å²) in [6, 6.07) is 8.03. The monoisotopic (exact) mass is 514 g/mol. The van der Waals surface area contributed by atoms with Crippen LogP contribution in [0.25, 0.3) is 0 Å². The van der Waals surface area contributed by atoms with Gasteiger partial charge in [0, 0.05) is 29.8 Å². The van der Waals surface area contributed by atoms with Crippen molar-refractivity contribution >= 4 is 35.1 Å². The van der Waals surface area contributed by atoms with E-state index in [2.05, 4.69) is 5.32 Å². The van der Waals surface area contributed by atoms with Crippen molar-refractivity contribution in [3.63, 3.8) is 0 Å². The first-order chi connectivity index (χ1) is 16.1. The number of nitrogens with zero attached hydrogens (tertiary/aromatic N) is 1. The zero-order valence-corrected chi connectivity index (χ0v) is 19.5. The maximum atomic E-state index is 13.6. The Balaban J connectivity index is 1.26. The predicted molar refractivity (Wildman–Crippen MR) is 120 cm³/mol. The molecule has 0 unspecified atom stereocenters. The first kappa shape index (κ1) is 24.5. The Morgan fingerprint density at radius 1 is 1.00 bits per heavy atom. The van der Waals surface area contributed by atoms with Gasteiger partial charge >= 0.3 is 5.97 Å². The van der Waals surface area contributed by atoms with Crippen LogP contribution < -0.4 is 14.8 Å². The number of ether oxygens (including phenoxy) is 2. The van der Waals surface area contributed by atoms with Crippen molar-refractivity contribution < 1.29 is 33.0 Å². The number of carboxylic acid groups (broad SMARTS) is 1. The Bertz CT molecular complexity index is 1100. The third kappa shape index (κ3) is 5.21. The molecule has 2 aromatic carbocycles. The maximum Gasteiger partial charge on any atom is 0.317 e. The number of halogens is 4. The molecule has 182 valence electrons. The fourth-order valence-corrected chi connectivity index (χ4v) is 4.97. The third-order valence-electron chi connectivity index (χ3n) is 6.19. The standard InChI is InChI=1S/C23H22Cl2F2N2O5/c24-16-3-1-14(7-18(16)26)33-6-5-29(9-21(31)32)23-11-22(12-23,13-23)28-20(30)10-34-15-2-4-17(25)19(27)8-15/h1-4,7-8H,5-6,9-13H2,(H,28,30)(H,31,32). The van der Waals surface area contributed by atoms with E-state index < -0.39 is 23.1 Å². The molecule has 0 heterocycles. The molecule has 3 saturated carbocycles. The van der Waals surface area contributed by atoms with Gasteiger partial charge in [-0.3, -0.25) is 14.5 Å². The molecule has 0 aliphatic heterocycles. The van der Waals surface area contributed by atoms with Gasteiger partial charge in [-0.1, -0.05) is 23.2 Å². The summed E-state index contributed by atoms with van der Waals surface area (Å²) >= 11 is 11.3. The minimum Gasteiger partial charge on any atom is -0.492 e. The molecular formula is C23H22Cl2F2N2O5. The van der Waals surface area contributed by atoms with Crippen molar-refractivity contribution in [2.75, 3.05) is 26.3 Å². The van der Waals surface area contributed by atoms with Crippen molar-refractivity contribution in [3.05, 3.63) is 58.1 Å². The molecule has 0 atom stereocenters. The van der Waals surface area contributed by atoms with Gasteiger partial charge in [0.2, 0.25) is 0 Å². The largest absolute Gasteiger partial charge is 0.492 e. The summed E-state index contributed by atoms with van der Waals surface area (Å²) in [5, 5.41) is 12.2. The van der Waals surface area contributed by atoms with Gasteiger partial charge in [0.15, 0.2) is 6.61 Å². The Labute approximate surface area is 204 Å². The van der Waals surface area contributed by atoms with E-state index in [0.29, 0.717) is 31.6 Å². The number of hydrogen-bond donors (Lipinski definition) is 2. The number of hydrogen-bond acceptors (Lipinski definition) is 5. The SMILES string of the molecule is O=C(O)CN(CCOc1ccc(Cl)c(F)c1)C12CC(NC(=O)COc3ccc(Cl)c(F)c3)(C1)C2. The molecule has 3 aliphatic rings. The Hall–Kier alpha value is -2.62. The van der Waals surface area contributed by atoms with Gasteiger partial charge in [-0.05, 0) is 43.5 Å². The molecule has 0 spiro atoms. The highest BCUT2D eigenvalue weighted by atomic mass is 35.5. The fraction of sp³-hybridized carbons (Fsp3) is 0.391. The average molecular weight is 515 g/mol. The molecule has 3 fully saturated rings. The molecule has 7 nitrogen and oxygen atoms in total. The van der Waals surface area contributed by atoms with Crippen molar-refractivity contribution in [2.45, 2.75) is 30.3 Å². The third-order valence-corrected chi connectivity index (χ3v) is 6.80. The summed E-state index contributed by atoms with van der Waals surface area (Å²) in [4.78, 5) is 25.5. The first-order valence-electron chi connectivity index (χ1n) is 10.5. The molecule has 2 aromatic rings. The molecule has 0 saturated heterocycles. The summed E-state index contributed by atoms with van der Waals surface area (Å²) < 4.78 is 37.9. The van der Waals surface area contributed by atoms with Gasteiger partial charge in [-0.25, -0.2) is 8.78 Å². The van der Waals surface area contributed by atoms with Crippen LogP contribution in [0.2, 0.25) is 10.0 Å². The Kier molecular flexibility index (Phi) is 6.89. The van der Waals surface area contributed by atoms with Crippen LogP contribution in [0.1, 0.15) is 19.3 Å². The number of carbonyl (C=O) groups excluding carboxylic acids is 1. The van der Waals surface area contributed by atoms with Crippen molar-refractivity contribution in [1.29, 1.82) is 0 Å². The number of benzene rings is 2. The molecule has 2 bridgehead atoms. The Morgan fingerprint density at radius 3 is 2.09 bits per heavy atom. The number of nitrogens with one attached hydrogen (secondary N) is 1. The molecule has 5 rings (SSSR count). The number of carboxylic acids is 1. The highest BCUT2D eigenvalue weighted by molar-refractivity contribution is 6.31. The summed E-state index contributed by atoms with van der Waals surface area (Å²) in [5.74, 6) is -2.04. The van der Waals surface area contributed by atoms with E-state index in [1.807, 2.05) is 4.90 Å². The minimum atomic E-state index is -0.969. The van der Waals surface area contributed by atoms with Crippen LogP contribution in [-0.4, -0.2) is 59.3 Å². The van der Waals surface area contributed by atoms with Crippen LogP contribution in [0.15, 0.2) is 36.4 Å². The quantitative estimate of drug-likeness (QED) is 0.472. The molecule has 0 radical (unpaired) electrons. The van der Waals surface area contributed by atoms with Crippen LogP contribution in [-0.2, 0) is 9.59 Å². The zero-order chi connectivity index (χ0) is 24.5. The number of aliphatic carboxylic acids is 1. The lowest BCUT2D eigenvalue weighted by Crippen LogP contribution is -2.84.